The first-order chi connectivity index (χ1) is 9.54. The zero-order chi connectivity index (χ0) is 16.3. The quantitative estimate of drug-likeness (QED) is 0.386. The number of hydrogen-bond donors (Lipinski definition) is 0. The number of aromatic nitrogens is 1. The SMILES string of the molecule is CC(C)(C)[Si](C)(C)OCCOc1cnc(Br)cc1C(F)F. The molecule has 3 nitrogen and oxygen atoms in total. The third-order valence-electron chi connectivity index (χ3n) is 3.71. The minimum atomic E-state index is -2.60. The molecular formula is C14H22BrF2NO2Si. The lowest BCUT2D eigenvalue weighted by molar-refractivity contribution is 0.141. The summed E-state index contributed by atoms with van der Waals surface area (Å²) in [6.45, 7) is 11.3. The van der Waals surface area contributed by atoms with Crippen LogP contribution in [-0.2, 0) is 4.43 Å². The molecule has 0 aliphatic heterocycles. The summed E-state index contributed by atoms with van der Waals surface area (Å²) in [6.07, 6.45) is -1.29. The van der Waals surface area contributed by atoms with Crippen molar-refractivity contribution in [3.05, 3.63) is 22.4 Å². The molecule has 0 aliphatic carbocycles. The fourth-order valence-electron chi connectivity index (χ4n) is 1.39. The van der Waals surface area contributed by atoms with Crippen LogP contribution < -0.4 is 4.74 Å². The minimum Gasteiger partial charge on any atom is -0.489 e. The molecule has 7 heteroatoms. The lowest BCUT2D eigenvalue weighted by atomic mass is 10.2. The highest BCUT2D eigenvalue weighted by Gasteiger charge is 2.36. The summed E-state index contributed by atoms with van der Waals surface area (Å²) in [7, 11) is -1.84. The van der Waals surface area contributed by atoms with Crippen LogP contribution in [0.4, 0.5) is 8.78 Å². The van der Waals surface area contributed by atoms with Crippen LogP contribution >= 0.6 is 15.9 Å². The Morgan fingerprint density at radius 3 is 2.43 bits per heavy atom. The Morgan fingerprint density at radius 2 is 1.90 bits per heavy atom. The van der Waals surface area contributed by atoms with Gasteiger partial charge in [-0.05, 0) is 40.1 Å². The summed E-state index contributed by atoms with van der Waals surface area (Å²) in [4.78, 5) is 3.92. The topological polar surface area (TPSA) is 31.4 Å². The maximum Gasteiger partial charge on any atom is 0.267 e. The summed E-state index contributed by atoms with van der Waals surface area (Å²) >= 11 is 3.08. The molecule has 1 aromatic heterocycles. The van der Waals surface area contributed by atoms with Gasteiger partial charge < -0.3 is 9.16 Å². The van der Waals surface area contributed by atoms with E-state index in [1.165, 1.54) is 12.3 Å². The molecule has 0 atom stereocenters. The molecule has 0 saturated carbocycles. The van der Waals surface area contributed by atoms with Crippen molar-refractivity contribution >= 4 is 24.2 Å². The van der Waals surface area contributed by atoms with Gasteiger partial charge in [-0.3, -0.25) is 0 Å². The van der Waals surface area contributed by atoms with Gasteiger partial charge in [0.2, 0.25) is 0 Å². The number of alkyl halides is 2. The van der Waals surface area contributed by atoms with Crippen molar-refractivity contribution in [2.75, 3.05) is 13.2 Å². The number of ether oxygens (including phenoxy) is 1. The van der Waals surface area contributed by atoms with Crippen molar-refractivity contribution in [2.24, 2.45) is 0 Å². The van der Waals surface area contributed by atoms with Crippen molar-refractivity contribution in [3.63, 3.8) is 0 Å². The van der Waals surface area contributed by atoms with Crippen LogP contribution in [0.25, 0.3) is 0 Å². The Bertz CT molecular complexity index is 479. The Hall–Kier alpha value is -0.533. The van der Waals surface area contributed by atoms with E-state index in [1.54, 1.807) is 0 Å². The first-order valence-electron chi connectivity index (χ1n) is 6.75. The number of rotatable bonds is 6. The van der Waals surface area contributed by atoms with Crippen molar-refractivity contribution in [2.45, 2.75) is 45.3 Å². The van der Waals surface area contributed by atoms with Crippen LogP contribution in [0, 0.1) is 0 Å². The molecule has 0 spiro atoms. The fourth-order valence-corrected chi connectivity index (χ4v) is 2.76. The van der Waals surface area contributed by atoms with Crippen molar-refractivity contribution in [3.8, 4) is 5.75 Å². The van der Waals surface area contributed by atoms with Crippen molar-refractivity contribution < 1.29 is 17.9 Å². The zero-order valence-electron chi connectivity index (χ0n) is 13.0. The second kappa shape index (κ2) is 7.15. The van der Waals surface area contributed by atoms with Crippen LogP contribution in [0.5, 0.6) is 5.75 Å². The van der Waals surface area contributed by atoms with E-state index in [9.17, 15) is 8.78 Å². The molecule has 1 aromatic rings. The second-order valence-corrected chi connectivity index (χ2v) is 11.9. The summed E-state index contributed by atoms with van der Waals surface area (Å²) in [5.41, 5.74) is -0.163. The molecule has 0 radical (unpaired) electrons. The first-order valence-corrected chi connectivity index (χ1v) is 10.4. The summed E-state index contributed by atoms with van der Waals surface area (Å²) in [6, 6.07) is 1.27. The van der Waals surface area contributed by atoms with Gasteiger partial charge in [0.05, 0.1) is 18.4 Å². The molecular weight excluding hydrogens is 360 g/mol. The van der Waals surface area contributed by atoms with E-state index in [0.717, 1.165) is 0 Å². The van der Waals surface area contributed by atoms with E-state index >= 15 is 0 Å². The maximum atomic E-state index is 12.9. The van der Waals surface area contributed by atoms with Crippen molar-refractivity contribution in [1.29, 1.82) is 0 Å². The summed E-state index contributed by atoms with van der Waals surface area (Å²) < 4.78 is 37.5. The molecule has 0 aliphatic rings. The highest BCUT2D eigenvalue weighted by Crippen LogP contribution is 2.36. The monoisotopic (exact) mass is 381 g/mol. The second-order valence-electron chi connectivity index (χ2n) is 6.30. The van der Waals surface area contributed by atoms with Gasteiger partial charge in [-0.15, -0.1) is 0 Å². The molecule has 0 bridgehead atoms. The fraction of sp³-hybridized carbons (Fsp3) is 0.643. The third kappa shape index (κ3) is 5.30. The van der Waals surface area contributed by atoms with Gasteiger partial charge in [0.1, 0.15) is 17.0 Å². The maximum absolute atomic E-state index is 12.9. The van der Waals surface area contributed by atoms with Gasteiger partial charge in [-0.1, -0.05) is 20.8 Å². The molecule has 0 unspecified atom stereocenters. The predicted octanol–water partition coefficient (Wildman–Crippen LogP) is 5.18. The van der Waals surface area contributed by atoms with Crippen LogP contribution in [0.2, 0.25) is 18.1 Å². The van der Waals surface area contributed by atoms with E-state index in [-0.39, 0.29) is 23.0 Å². The molecule has 0 aromatic carbocycles. The van der Waals surface area contributed by atoms with E-state index in [2.05, 4.69) is 54.8 Å². The van der Waals surface area contributed by atoms with Gasteiger partial charge in [0, 0.05) is 0 Å². The Balaban J connectivity index is 2.58. The third-order valence-corrected chi connectivity index (χ3v) is 8.68. The van der Waals surface area contributed by atoms with Crippen LogP contribution in [-0.4, -0.2) is 26.5 Å². The molecule has 1 rings (SSSR count). The van der Waals surface area contributed by atoms with Gasteiger partial charge in [0.25, 0.3) is 6.43 Å². The van der Waals surface area contributed by atoms with E-state index in [4.69, 9.17) is 9.16 Å². The lowest BCUT2D eigenvalue weighted by Gasteiger charge is -2.36. The van der Waals surface area contributed by atoms with E-state index in [1.807, 2.05) is 0 Å². The average molecular weight is 382 g/mol. The number of halogens is 3. The highest BCUT2D eigenvalue weighted by atomic mass is 79.9. The molecule has 0 fully saturated rings. The van der Waals surface area contributed by atoms with Crippen LogP contribution in [0.15, 0.2) is 16.9 Å². The summed E-state index contributed by atoms with van der Waals surface area (Å²) in [5.74, 6) is 0.104. The molecule has 1 heterocycles. The molecule has 21 heavy (non-hydrogen) atoms. The van der Waals surface area contributed by atoms with Crippen molar-refractivity contribution in [1.82, 2.24) is 4.98 Å². The molecule has 0 amide bonds. The lowest BCUT2D eigenvalue weighted by Crippen LogP contribution is -2.41. The van der Waals surface area contributed by atoms with Gasteiger partial charge >= 0.3 is 0 Å². The standard InChI is InChI=1S/C14H22BrF2NO2Si/c1-14(2,3)21(4,5)20-7-6-19-11-9-18-12(15)8-10(11)13(16)17/h8-9,13H,6-7H2,1-5H3. The number of pyridine rings is 1. The van der Waals surface area contributed by atoms with E-state index in [0.29, 0.717) is 11.2 Å². The smallest absolute Gasteiger partial charge is 0.267 e. The van der Waals surface area contributed by atoms with Gasteiger partial charge in [-0.2, -0.15) is 0 Å². The minimum absolute atomic E-state index is 0.104. The average Bonchev–Trinajstić information content (AvgIpc) is 2.34. The molecule has 120 valence electrons. The Kier molecular flexibility index (Phi) is 6.31. The van der Waals surface area contributed by atoms with E-state index < -0.39 is 14.7 Å². The number of hydrogen-bond acceptors (Lipinski definition) is 3. The Labute approximate surface area is 134 Å². The normalized spacial score (nSPS) is 12.8. The molecule has 0 N–H and O–H groups in total. The van der Waals surface area contributed by atoms with Crippen LogP contribution in [0.3, 0.4) is 0 Å². The molecule has 0 saturated heterocycles. The highest BCUT2D eigenvalue weighted by molar-refractivity contribution is 9.10. The Morgan fingerprint density at radius 1 is 1.29 bits per heavy atom. The van der Waals surface area contributed by atoms with Crippen LogP contribution in [0.1, 0.15) is 32.8 Å². The summed E-state index contributed by atoms with van der Waals surface area (Å²) in [5, 5.41) is 0.111. The number of nitrogens with zero attached hydrogens (tertiary/aromatic N) is 1. The zero-order valence-corrected chi connectivity index (χ0v) is 15.6. The predicted molar refractivity (Wildman–Crippen MR) is 85.5 cm³/mol. The largest absolute Gasteiger partial charge is 0.489 e. The van der Waals surface area contributed by atoms with Gasteiger partial charge in [-0.25, -0.2) is 13.8 Å². The first kappa shape index (κ1) is 18.5. The van der Waals surface area contributed by atoms with Gasteiger partial charge in [0.15, 0.2) is 8.32 Å².